The van der Waals surface area contributed by atoms with Gasteiger partial charge in [0.2, 0.25) is 0 Å². The number of hydrogen-bond acceptors (Lipinski definition) is 4. The van der Waals surface area contributed by atoms with Crippen LogP contribution < -0.4 is 5.32 Å². The molecule has 0 saturated carbocycles. The van der Waals surface area contributed by atoms with Crippen LogP contribution in [0.2, 0.25) is 5.15 Å². The van der Waals surface area contributed by atoms with Gasteiger partial charge < -0.3 is 10.4 Å². The summed E-state index contributed by atoms with van der Waals surface area (Å²) in [5.41, 5.74) is 0. The molecule has 90 valence electrons. The third-order valence-electron chi connectivity index (χ3n) is 2.28. The average Bonchev–Trinajstić information content (AvgIpc) is 2.25. The first kappa shape index (κ1) is 13.2. The van der Waals surface area contributed by atoms with E-state index in [-0.39, 0.29) is 12.6 Å². The Morgan fingerprint density at radius 2 is 2.19 bits per heavy atom. The molecule has 0 aromatic carbocycles. The largest absolute Gasteiger partial charge is 0.394 e. The summed E-state index contributed by atoms with van der Waals surface area (Å²) >= 11 is 5.90. The van der Waals surface area contributed by atoms with Gasteiger partial charge in [-0.15, -0.1) is 0 Å². The molecule has 0 spiro atoms. The van der Waals surface area contributed by atoms with Crippen molar-refractivity contribution < 1.29 is 5.11 Å². The van der Waals surface area contributed by atoms with Gasteiger partial charge >= 0.3 is 0 Å². The van der Waals surface area contributed by atoms with Gasteiger partial charge in [0, 0.05) is 12.5 Å². The highest BCUT2D eigenvalue weighted by Crippen LogP contribution is 2.14. The van der Waals surface area contributed by atoms with Crippen LogP contribution in [-0.4, -0.2) is 27.7 Å². The van der Waals surface area contributed by atoms with Crippen molar-refractivity contribution in [2.75, 3.05) is 11.9 Å². The Kier molecular flexibility index (Phi) is 5.49. The first-order valence-electron chi connectivity index (χ1n) is 5.60. The van der Waals surface area contributed by atoms with Crippen LogP contribution in [0.3, 0.4) is 0 Å². The molecule has 0 bridgehead atoms. The van der Waals surface area contributed by atoms with E-state index in [9.17, 15) is 0 Å². The predicted molar refractivity (Wildman–Crippen MR) is 65.8 cm³/mol. The fourth-order valence-electron chi connectivity index (χ4n) is 1.36. The van der Waals surface area contributed by atoms with E-state index in [2.05, 4.69) is 22.2 Å². The quantitative estimate of drug-likeness (QED) is 0.753. The Labute approximate surface area is 101 Å². The van der Waals surface area contributed by atoms with Gasteiger partial charge in [-0.2, -0.15) is 0 Å². The second kappa shape index (κ2) is 6.66. The summed E-state index contributed by atoms with van der Waals surface area (Å²) in [6, 6.07) is 1.69. The highest BCUT2D eigenvalue weighted by atomic mass is 35.5. The van der Waals surface area contributed by atoms with Gasteiger partial charge in [0.25, 0.3) is 0 Å². The Morgan fingerprint density at radius 1 is 1.44 bits per heavy atom. The molecule has 0 fully saturated rings. The number of nitrogens with zero attached hydrogens (tertiary/aromatic N) is 2. The minimum absolute atomic E-state index is 0.0143. The predicted octanol–water partition coefficient (Wildman–Crippen LogP) is 2.27. The second-order valence-corrected chi connectivity index (χ2v) is 4.06. The summed E-state index contributed by atoms with van der Waals surface area (Å²) in [5.74, 6) is 1.43. The lowest BCUT2D eigenvalue weighted by Crippen LogP contribution is -2.23. The molecule has 0 saturated heterocycles. The van der Waals surface area contributed by atoms with Crippen LogP contribution in [0.25, 0.3) is 0 Å². The second-order valence-electron chi connectivity index (χ2n) is 3.67. The van der Waals surface area contributed by atoms with Crippen molar-refractivity contribution in [1.29, 1.82) is 0 Å². The third kappa shape index (κ3) is 3.94. The van der Waals surface area contributed by atoms with Crippen LogP contribution in [0, 0.1) is 0 Å². The average molecular weight is 244 g/mol. The number of nitrogens with one attached hydrogen (secondary N) is 1. The van der Waals surface area contributed by atoms with Crippen molar-refractivity contribution in [1.82, 2.24) is 9.97 Å². The Hall–Kier alpha value is -0.870. The lowest BCUT2D eigenvalue weighted by atomic mass is 10.2. The van der Waals surface area contributed by atoms with E-state index in [1.54, 1.807) is 6.07 Å². The molecule has 1 aromatic rings. The molecule has 1 rings (SSSR count). The lowest BCUT2D eigenvalue weighted by molar-refractivity contribution is 0.271. The van der Waals surface area contributed by atoms with Crippen LogP contribution in [0.15, 0.2) is 6.07 Å². The number of aryl methyl sites for hydroxylation is 1. The summed E-state index contributed by atoms with van der Waals surface area (Å²) in [4.78, 5) is 8.48. The summed E-state index contributed by atoms with van der Waals surface area (Å²) in [7, 11) is 0. The fourth-order valence-corrected chi connectivity index (χ4v) is 1.56. The molecule has 0 aliphatic rings. The van der Waals surface area contributed by atoms with Gasteiger partial charge in [-0.25, -0.2) is 9.97 Å². The first-order chi connectivity index (χ1) is 7.69. The Bertz CT molecular complexity index is 329. The van der Waals surface area contributed by atoms with Gasteiger partial charge in [0.05, 0.1) is 12.6 Å². The molecule has 1 atom stereocenters. The maximum Gasteiger partial charge on any atom is 0.134 e. The molecule has 1 aromatic heterocycles. The van der Waals surface area contributed by atoms with Gasteiger partial charge in [0.15, 0.2) is 0 Å². The van der Waals surface area contributed by atoms with E-state index >= 15 is 0 Å². The van der Waals surface area contributed by atoms with Crippen molar-refractivity contribution in [2.24, 2.45) is 0 Å². The monoisotopic (exact) mass is 243 g/mol. The fraction of sp³-hybridized carbons (Fsp3) is 0.636. The molecule has 2 N–H and O–H groups in total. The van der Waals surface area contributed by atoms with E-state index in [0.717, 1.165) is 25.1 Å². The molecule has 0 aliphatic carbocycles. The number of aliphatic hydroxyl groups is 1. The van der Waals surface area contributed by atoms with Crippen LogP contribution in [0.5, 0.6) is 0 Å². The maximum atomic E-state index is 9.09. The van der Waals surface area contributed by atoms with Crippen molar-refractivity contribution in [3.05, 3.63) is 17.0 Å². The topological polar surface area (TPSA) is 58.0 Å². The Balaban J connectivity index is 2.78. The summed E-state index contributed by atoms with van der Waals surface area (Å²) < 4.78 is 0. The molecule has 0 radical (unpaired) electrons. The molecule has 0 amide bonds. The normalized spacial score (nSPS) is 12.5. The summed E-state index contributed by atoms with van der Waals surface area (Å²) in [5, 5.41) is 12.7. The van der Waals surface area contributed by atoms with E-state index < -0.39 is 0 Å². The van der Waals surface area contributed by atoms with E-state index in [0.29, 0.717) is 11.0 Å². The van der Waals surface area contributed by atoms with Crippen LogP contribution >= 0.6 is 11.6 Å². The lowest BCUT2D eigenvalue weighted by Gasteiger charge is -2.15. The van der Waals surface area contributed by atoms with Crippen molar-refractivity contribution in [2.45, 2.75) is 39.2 Å². The Morgan fingerprint density at radius 3 is 2.75 bits per heavy atom. The SMILES string of the molecule is CCCc1nc(Cl)cc(NC(CC)CO)n1. The number of aliphatic hydroxyl groups excluding tert-OH is 1. The number of halogens is 1. The number of aromatic nitrogens is 2. The summed E-state index contributed by atoms with van der Waals surface area (Å²) in [6.07, 6.45) is 2.63. The molecule has 5 heteroatoms. The zero-order valence-corrected chi connectivity index (χ0v) is 10.5. The number of anilines is 1. The van der Waals surface area contributed by atoms with E-state index in [1.807, 2.05) is 6.92 Å². The molecule has 1 unspecified atom stereocenters. The molecule has 1 heterocycles. The third-order valence-corrected chi connectivity index (χ3v) is 2.47. The van der Waals surface area contributed by atoms with E-state index in [1.165, 1.54) is 0 Å². The maximum absolute atomic E-state index is 9.09. The molecular weight excluding hydrogens is 226 g/mol. The molecule has 0 aliphatic heterocycles. The van der Waals surface area contributed by atoms with Crippen LogP contribution in [-0.2, 0) is 6.42 Å². The van der Waals surface area contributed by atoms with Crippen molar-refractivity contribution in [3.63, 3.8) is 0 Å². The van der Waals surface area contributed by atoms with Crippen LogP contribution in [0.4, 0.5) is 5.82 Å². The first-order valence-corrected chi connectivity index (χ1v) is 5.98. The molecular formula is C11H18ClN3O. The zero-order chi connectivity index (χ0) is 12.0. The van der Waals surface area contributed by atoms with E-state index in [4.69, 9.17) is 16.7 Å². The van der Waals surface area contributed by atoms with Crippen molar-refractivity contribution in [3.8, 4) is 0 Å². The number of rotatable bonds is 6. The van der Waals surface area contributed by atoms with Gasteiger partial charge in [-0.1, -0.05) is 25.4 Å². The minimum Gasteiger partial charge on any atom is -0.394 e. The standard InChI is InChI=1S/C11H18ClN3O/c1-3-5-10-14-9(12)6-11(15-10)13-8(4-2)7-16/h6,8,16H,3-5,7H2,1-2H3,(H,13,14,15). The van der Waals surface area contributed by atoms with Crippen molar-refractivity contribution >= 4 is 17.4 Å². The van der Waals surface area contributed by atoms with Gasteiger partial charge in [0.1, 0.15) is 16.8 Å². The highest BCUT2D eigenvalue weighted by molar-refractivity contribution is 6.29. The highest BCUT2D eigenvalue weighted by Gasteiger charge is 2.07. The number of hydrogen-bond donors (Lipinski definition) is 2. The van der Waals surface area contributed by atoms with Gasteiger partial charge in [-0.3, -0.25) is 0 Å². The molecule has 16 heavy (non-hydrogen) atoms. The van der Waals surface area contributed by atoms with Gasteiger partial charge in [-0.05, 0) is 12.8 Å². The molecule has 4 nitrogen and oxygen atoms in total. The van der Waals surface area contributed by atoms with Crippen LogP contribution in [0.1, 0.15) is 32.5 Å². The summed E-state index contributed by atoms with van der Waals surface area (Å²) in [6.45, 7) is 4.16. The minimum atomic E-state index is 0.0143. The zero-order valence-electron chi connectivity index (χ0n) is 9.70. The smallest absolute Gasteiger partial charge is 0.134 e.